The minimum atomic E-state index is -0.174. The fourth-order valence-electron chi connectivity index (χ4n) is 5.44. The number of likely N-dealkylation sites (tertiary alicyclic amines) is 2. The highest BCUT2D eigenvalue weighted by atomic mass is 32.1. The molecule has 2 aromatic heterocycles. The number of aromatic hydroxyl groups is 1. The molecule has 2 aromatic rings. The van der Waals surface area contributed by atoms with Crippen molar-refractivity contribution < 1.29 is 14.6 Å². The molecule has 0 radical (unpaired) electrons. The summed E-state index contributed by atoms with van der Waals surface area (Å²) < 4.78 is 6.46. The van der Waals surface area contributed by atoms with Gasteiger partial charge in [0.2, 0.25) is 0 Å². The number of aromatic nitrogens is 1. The molecule has 3 aliphatic heterocycles. The van der Waals surface area contributed by atoms with Crippen LogP contribution in [0.4, 0.5) is 0 Å². The molecule has 6 nitrogen and oxygen atoms in total. The van der Waals surface area contributed by atoms with Crippen molar-refractivity contribution in [2.24, 2.45) is 5.92 Å². The SMILES string of the molecule is CCc1cc2c(s1)CCO[C@@]21CCN(CC2CN(C(=O)c3ncccc3O)C2)[C@@H](C)C1. The number of ether oxygens (including phenoxy) is 1. The number of carbonyl (C=O) groups excluding carboxylic acids is 1. The Morgan fingerprint density at radius 1 is 1.42 bits per heavy atom. The summed E-state index contributed by atoms with van der Waals surface area (Å²) in [6.07, 6.45) is 5.78. The molecule has 31 heavy (non-hydrogen) atoms. The molecule has 0 aromatic carbocycles. The fourth-order valence-corrected chi connectivity index (χ4v) is 6.62. The first-order valence-electron chi connectivity index (χ1n) is 11.4. The zero-order chi connectivity index (χ0) is 21.6. The topological polar surface area (TPSA) is 65.9 Å². The molecule has 3 aliphatic rings. The van der Waals surface area contributed by atoms with Crippen LogP contribution in [0.5, 0.6) is 5.75 Å². The first kappa shape index (κ1) is 20.9. The Kier molecular flexibility index (Phi) is 5.52. The number of fused-ring (bicyclic) bond motifs is 2. The van der Waals surface area contributed by atoms with Crippen molar-refractivity contribution >= 4 is 17.2 Å². The molecular weight excluding hydrogens is 410 g/mol. The molecule has 7 heteroatoms. The van der Waals surface area contributed by atoms with Crippen LogP contribution in [0.15, 0.2) is 24.4 Å². The molecule has 1 N–H and O–H groups in total. The highest BCUT2D eigenvalue weighted by Crippen LogP contribution is 2.46. The summed E-state index contributed by atoms with van der Waals surface area (Å²) in [5.41, 5.74) is 1.51. The average molecular weight is 442 g/mol. The second-order valence-corrected chi connectivity index (χ2v) is 10.5. The van der Waals surface area contributed by atoms with Gasteiger partial charge in [0.15, 0.2) is 5.69 Å². The lowest BCUT2D eigenvalue weighted by atomic mass is 9.79. The van der Waals surface area contributed by atoms with Crippen LogP contribution in [0.2, 0.25) is 0 Å². The van der Waals surface area contributed by atoms with E-state index in [0.29, 0.717) is 12.0 Å². The van der Waals surface area contributed by atoms with Crippen molar-refractivity contribution in [2.45, 2.75) is 51.2 Å². The zero-order valence-electron chi connectivity index (χ0n) is 18.3. The summed E-state index contributed by atoms with van der Waals surface area (Å²) in [4.78, 5) is 24.0. The van der Waals surface area contributed by atoms with Gasteiger partial charge in [-0.3, -0.25) is 4.79 Å². The molecule has 1 spiro atoms. The Morgan fingerprint density at radius 2 is 2.26 bits per heavy atom. The molecule has 1 amide bonds. The molecule has 2 saturated heterocycles. The quantitative estimate of drug-likeness (QED) is 0.787. The molecule has 5 heterocycles. The summed E-state index contributed by atoms with van der Waals surface area (Å²) in [5.74, 6) is 0.256. The third-order valence-corrected chi connectivity index (χ3v) is 8.52. The van der Waals surface area contributed by atoms with E-state index >= 15 is 0 Å². The van der Waals surface area contributed by atoms with Crippen molar-refractivity contribution in [2.75, 3.05) is 32.8 Å². The van der Waals surface area contributed by atoms with Crippen molar-refractivity contribution in [3.8, 4) is 5.75 Å². The largest absolute Gasteiger partial charge is 0.505 e. The van der Waals surface area contributed by atoms with Crippen molar-refractivity contribution in [1.29, 1.82) is 0 Å². The first-order valence-corrected chi connectivity index (χ1v) is 12.2. The van der Waals surface area contributed by atoms with Crippen molar-refractivity contribution in [3.05, 3.63) is 45.4 Å². The van der Waals surface area contributed by atoms with E-state index in [-0.39, 0.29) is 23.0 Å². The monoisotopic (exact) mass is 441 g/mol. The minimum Gasteiger partial charge on any atom is -0.505 e. The number of pyridine rings is 1. The number of hydrogen-bond donors (Lipinski definition) is 1. The summed E-state index contributed by atoms with van der Waals surface area (Å²) in [6.45, 7) is 8.89. The van der Waals surface area contributed by atoms with Crippen LogP contribution in [0.25, 0.3) is 0 Å². The number of thiophene rings is 1. The maximum atomic E-state index is 12.6. The molecule has 0 unspecified atom stereocenters. The highest BCUT2D eigenvalue weighted by molar-refractivity contribution is 7.12. The molecular formula is C24H31N3O3S. The molecule has 0 saturated carbocycles. The molecule has 0 aliphatic carbocycles. The van der Waals surface area contributed by atoms with E-state index < -0.39 is 0 Å². The predicted molar refractivity (Wildman–Crippen MR) is 121 cm³/mol. The summed E-state index contributed by atoms with van der Waals surface area (Å²) in [7, 11) is 0. The Morgan fingerprint density at radius 3 is 3.00 bits per heavy atom. The van der Waals surface area contributed by atoms with Crippen LogP contribution in [-0.2, 0) is 23.2 Å². The second-order valence-electron chi connectivity index (χ2n) is 9.24. The second kappa shape index (κ2) is 8.19. The van der Waals surface area contributed by atoms with E-state index in [4.69, 9.17) is 4.74 Å². The lowest BCUT2D eigenvalue weighted by molar-refractivity contribution is -0.114. The number of amides is 1. The maximum absolute atomic E-state index is 12.6. The van der Waals surface area contributed by atoms with Crippen molar-refractivity contribution in [1.82, 2.24) is 14.8 Å². The van der Waals surface area contributed by atoms with E-state index in [1.165, 1.54) is 21.4 Å². The average Bonchev–Trinajstić information content (AvgIpc) is 3.17. The number of piperidine rings is 1. The third kappa shape index (κ3) is 3.77. The standard InChI is InChI=1S/C24H31N3O3S/c1-3-18-11-19-21(31-18)6-10-30-24(19)7-9-26(16(2)12-24)13-17-14-27(15-17)23(29)22-20(28)5-4-8-25-22/h4-5,8,11,16-17,28H,3,6-7,9-10,12-15H2,1-2H3/t16-,24+/m0/s1. The van der Waals surface area contributed by atoms with E-state index in [1.54, 1.807) is 17.2 Å². The van der Waals surface area contributed by atoms with Crippen LogP contribution < -0.4 is 0 Å². The van der Waals surface area contributed by atoms with E-state index in [0.717, 1.165) is 58.5 Å². The van der Waals surface area contributed by atoms with Gasteiger partial charge in [-0.1, -0.05) is 6.92 Å². The van der Waals surface area contributed by atoms with E-state index in [1.807, 2.05) is 11.3 Å². The Labute approximate surface area is 187 Å². The van der Waals surface area contributed by atoms with Gasteiger partial charge >= 0.3 is 0 Å². The van der Waals surface area contributed by atoms with E-state index in [9.17, 15) is 9.90 Å². The number of aryl methyl sites for hydroxylation is 1. The number of rotatable bonds is 4. The zero-order valence-corrected chi connectivity index (χ0v) is 19.2. The molecule has 0 bridgehead atoms. The van der Waals surface area contributed by atoms with Crippen LogP contribution in [0.1, 0.15) is 52.5 Å². The van der Waals surface area contributed by atoms with Crippen LogP contribution in [-0.4, -0.2) is 64.6 Å². The smallest absolute Gasteiger partial charge is 0.276 e. The van der Waals surface area contributed by atoms with Gasteiger partial charge in [-0.15, -0.1) is 11.3 Å². The van der Waals surface area contributed by atoms with Gasteiger partial charge in [-0.05, 0) is 49.9 Å². The van der Waals surface area contributed by atoms with Gasteiger partial charge < -0.3 is 19.6 Å². The first-order chi connectivity index (χ1) is 15.0. The predicted octanol–water partition coefficient (Wildman–Crippen LogP) is 3.44. The lowest BCUT2D eigenvalue weighted by Crippen LogP contribution is -2.57. The summed E-state index contributed by atoms with van der Waals surface area (Å²) in [5, 5.41) is 9.89. The van der Waals surface area contributed by atoms with Crippen LogP contribution in [0, 0.1) is 5.92 Å². The van der Waals surface area contributed by atoms with E-state index in [2.05, 4.69) is 29.8 Å². The van der Waals surface area contributed by atoms with Gasteiger partial charge in [0, 0.05) is 60.5 Å². The maximum Gasteiger partial charge on any atom is 0.276 e. The lowest BCUT2D eigenvalue weighted by Gasteiger charge is -2.49. The molecule has 2 atom stereocenters. The summed E-state index contributed by atoms with van der Waals surface area (Å²) >= 11 is 1.98. The third-order valence-electron chi connectivity index (χ3n) is 7.18. The molecule has 2 fully saturated rings. The van der Waals surface area contributed by atoms with Gasteiger partial charge in [-0.2, -0.15) is 0 Å². The van der Waals surface area contributed by atoms with Crippen molar-refractivity contribution in [3.63, 3.8) is 0 Å². The van der Waals surface area contributed by atoms with Gasteiger partial charge in [0.1, 0.15) is 5.75 Å². The highest BCUT2D eigenvalue weighted by Gasteiger charge is 2.45. The number of nitrogens with zero attached hydrogens (tertiary/aromatic N) is 3. The van der Waals surface area contributed by atoms with Gasteiger partial charge in [-0.25, -0.2) is 4.98 Å². The van der Waals surface area contributed by atoms with Crippen LogP contribution in [0.3, 0.4) is 0 Å². The Bertz CT molecular complexity index is 971. The minimum absolute atomic E-state index is 0.0441. The Balaban J connectivity index is 1.19. The molecule has 166 valence electrons. The van der Waals surface area contributed by atoms with Gasteiger partial charge in [0.25, 0.3) is 5.91 Å². The number of carbonyl (C=O) groups is 1. The Hall–Kier alpha value is -1.96. The fraction of sp³-hybridized carbons (Fsp3) is 0.583. The molecule has 5 rings (SSSR count). The normalized spacial score (nSPS) is 26.6. The number of hydrogen-bond acceptors (Lipinski definition) is 6. The van der Waals surface area contributed by atoms with Crippen LogP contribution >= 0.6 is 11.3 Å². The van der Waals surface area contributed by atoms with Gasteiger partial charge in [0.05, 0.1) is 12.2 Å². The summed E-state index contributed by atoms with van der Waals surface area (Å²) in [6, 6.07) is 6.00.